The van der Waals surface area contributed by atoms with Gasteiger partial charge in [-0.3, -0.25) is 4.68 Å². The maximum atomic E-state index is 12.5. The third-order valence-electron chi connectivity index (χ3n) is 5.13. The van der Waals surface area contributed by atoms with Crippen LogP contribution in [0.5, 0.6) is 0 Å². The number of hydrogen-bond acceptors (Lipinski definition) is 5. The van der Waals surface area contributed by atoms with Crippen LogP contribution in [0.2, 0.25) is 5.02 Å². The average Bonchev–Trinajstić information content (AvgIpc) is 3.17. The van der Waals surface area contributed by atoms with Crippen molar-refractivity contribution >= 4 is 48.3 Å². The van der Waals surface area contributed by atoms with E-state index in [1.807, 2.05) is 30.3 Å². The number of ether oxygens (including phenoxy) is 1. The Morgan fingerprint density at radius 2 is 2.00 bits per heavy atom. The molecule has 4 rings (SSSR count). The summed E-state index contributed by atoms with van der Waals surface area (Å²) >= 11 is 6.24. The van der Waals surface area contributed by atoms with Crippen LogP contribution in [0.25, 0.3) is 10.9 Å². The number of amides is 1. The van der Waals surface area contributed by atoms with Gasteiger partial charge >= 0.3 is 6.09 Å². The third-order valence-corrected chi connectivity index (χ3v) is 6.77. The van der Waals surface area contributed by atoms with E-state index in [9.17, 15) is 13.2 Å². The van der Waals surface area contributed by atoms with Gasteiger partial charge in [0.1, 0.15) is 6.61 Å². The van der Waals surface area contributed by atoms with Crippen molar-refractivity contribution in [2.75, 3.05) is 13.1 Å². The van der Waals surface area contributed by atoms with E-state index in [2.05, 4.69) is 5.10 Å². The quantitative estimate of drug-likeness (QED) is 0.524. The molecule has 1 unspecified atom stereocenters. The Morgan fingerprint density at radius 1 is 1.23 bits per heavy atom. The second-order valence-electron chi connectivity index (χ2n) is 7.15. The lowest BCUT2D eigenvalue weighted by Gasteiger charge is -2.32. The monoisotopic (exact) mass is 467 g/mol. The Morgan fingerprint density at radius 3 is 2.73 bits per heavy atom. The second kappa shape index (κ2) is 8.45. The fourth-order valence-corrected chi connectivity index (χ4v) is 4.75. The minimum atomic E-state index is -3.94. The van der Waals surface area contributed by atoms with E-state index in [1.54, 1.807) is 15.8 Å². The van der Waals surface area contributed by atoms with Gasteiger partial charge in [-0.05, 0) is 30.5 Å². The van der Waals surface area contributed by atoms with Crippen LogP contribution < -0.4 is 0 Å². The number of carbonyl (C=O) groups is 1. The molecule has 1 fully saturated rings. The van der Waals surface area contributed by atoms with Crippen LogP contribution in [0.4, 0.5) is 4.79 Å². The number of carbonyl (C=O) groups excluding carboxylic acids is 1. The number of hydrogen-bond donors (Lipinski definition) is 0. The highest BCUT2D eigenvalue weighted by Gasteiger charge is 2.28. The maximum absolute atomic E-state index is 12.5. The Balaban J connectivity index is 1.54. The van der Waals surface area contributed by atoms with Gasteiger partial charge in [-0.25, -0.2) is 13.2 Å². The minimum absolute atomic E-state index is 0.0849. The summed E-state index contributed by atoms with van der Waals surface area (Å²) in [6.07, 6.45) is 2.76. The van der Waals surface area contributed by atoms with Crippen LogP contribution in [0.3, 0.4) is 0 Å². The summed E-state index contributed by atoms with van der Waals surface area (Å²) in [6, 6.07) is 12.1. The minimum Gasteiger partial charge on any atom is -0.445 e. The van der Waals surface area contributed by atoms with Gasteiger partial charge in [-0.2, -0.15) is 5.10 Å². The number of likely N-dealkylation sites (tertiary alicyclic amines) is 1. The van der Waals surface area contributed by atoms with Crippen molar-refractivity contribution < 1.29 is 17.9 Å². The molecular formula is C20H19Cl2N3O4S. The molecule has 0 aliphatic carbocycles. The number of aromatic nitrogens is 2. The SMILES string of the molecule is O=C(OCc1ccccc1)N1CCCC(n2ncc3c(Cl)cc(S(=O)(=O)Cl)cc32)C1. The molecule has 1 amide bonds. The van der Waals surface area contributed by atoms with Crippen LogP contribution in [-0.4, -0.2) is 42.3 Å². The molecule has 0 bridgehead atoms. The summed E-state index contributed by atoms with van der Waals surface area (Å²) in [4.78, 5) is 14.1. The van der Waals surface area contributed by atoms with Crippen molar-refractivity contribution in [3.05, 3.63) is 59.2 Å². The molecule has 7 nitrogen and oxygen atoms in total. The molecule has 2 heterocycles. The molecule has 2 aromatic carbocycles. The number of rotatable bonds is 4. The summed E-state index contributed by atoms with van der Waals surface area (Å²) in [5, 5.41) is 5.29. The van der Waals surface area contributed by atoms with Crippen molar-refractivity contribution in [1.82, 2.24) is 14.7 Å². The van der Waals surface area contributed by atoms with Crippen molar-refractivity contribution in [2.45, 2.75) is 30.4 Å². The standard InChI is InChI=1S/C20H19Cl2N3O4S/c21-18-9-16(30(22,27)28)10-19-17(18)11-23-25(19)15-7-4-8-24(12-15)20(26)29-13-14-5-2-1-3-6-14/h1-3,5-6,9-11,15H,4,7-8,12-13H2. The number of nitrogens with zero attached hydrogens (tertiary/aromatic N) is 3. The van der Waals surface area contributed by atoms with E-state index in [-0.39, 0.29) is 28.7 Å². The molecule has 1 aromatic heterocycles. The number of piperidine rings is 1. The molecule has 10 heteroatoms. The van der Waals surface area contributed by atoms with Crippen LogP contribution in [0.1, 0.15) is 24.4 Å². The first-order chi connectivity index (χ1) is 14.3. The largest absolute Gasteiger partial charge is 0.445 e. The zero-order valence-electron chi connectivity index (χ0n) is 15.9. The summed E-state index contributed by atoms with van der Waals surface area (Å²) in [5.41, 5.74) is 1.48. The van der Waals surface area contributed by atoms with E-state index < -0.39 is 9.05 Å². The van der Waals surface area contributed by atoms with Crippen LogP contribution in [0, 0.1) is 0 Å². The number of benzene rings is 2. The Bertz CT molecular complexity index is 1180. The van der Waals surface area contributed by atoms with Gasteiger partial charge in [0.15, 0.2) is 0 Å². The second-order valence-corrected chi connectivity index (χ2v) is 10.1. The van der Waals surface area contributed by atoms with Crippen molar-refractivity contribution in [1.29, 1.82) is 0 Å². The van der Waals surface area contributed by atoms with E-state index in [1.165, 1.54) is 12.1 Å². The highest BCUT2D eigenvalue weighted by molar-refractivity contribution is 8.13. The van der Waals surface area contributed by atoms with Gasteiger partial charge < -0.3 is 9.64 Å². The normalized spacial score (nSPS) is 17.3. The molecule has 0 radical (unpaired) electrons. The topological polar surface area (TPSA) is 81.5 Å². The lowest BCUT2D eigenvalue weighted by molar-refractivity contribution is 0.0794. The molecule has 1 aliphatic rings. The molecule has 0 spiro atoms. The lowest BCUT2D eigenvalue weighted by Crippen LogP contribution is -2.41. The fourth-order valence-electron chi connectivity index (χ4n) is 3.64. The van der Waals surface area contributed by atoms with Gasteiger partial charge in [0.05, 0.1) is 27.7 Å². The van der Waals surface area contributed by atoms with Crippen LogP contribution >= 0.6 is 22.3 Å². The van der Waals surface area contributed by atoms with E-state index >= 15 is 0 Å². The molecule has 3 aromatic rings. The van der Waals surface area contributed by atoms with E-state index in [4.69, 9.17) is 27.0 Å². The van der Waals surface area contributed by atoms with Crippen LogP contribution in [-0.2, 0) is 20.4 Å². The average molecular weight is 468 g/mol. The van der Waals surface area contributed by atoms with Crippen molar-refractivity contribution in [2.24, 2.45) is 0 Å². The first-order valence-corrected chi connectivity index (χ1v) is 12.1. The van der Waals surface area contributed by atoms with Crippen molar-refractivity contribution in [3.8, 4) is 0 Å². The van der Waals surface area contributed by atoms with Gasteiger partial charge in [-0.15, -0.1) is 0 Å². The Labute approximate surface area is 183 Å². The van der Waals surface area contributed by atoms with Crippen LogP contribution in [0.15, 0.2) is 53.6 Å². The summed E-state index contributed by atoms with van der Waals surface area (Å²) in [5.74, 6) is 0. The first kappa shape index (κ1) is 21.0. The Hall–Kier alpha value is -2.29. The maximum Gasteiger partial charge on any atom is 0.410 e. The highest BCUT2D eigenvalue weighted by atomic mass is 35.7. The van der Waals surface area contributed by atoms with Gasteiger partial charge in [0.2, 0.25) is 0 Å². The molecule has 1 aliphatic heterocycles. The Kier molecular flexibility index (Phi) is 5.90. The summed E-state index contributed by atoms with van der Waals surface area (Å²) < 4.78 is 30.7. The predicted octanol–water partition coefficient (Wildman–Crippen LogP) is 4.59. The molecule has 1 saturated heterocycles. The lowest BCUT2D eigenvalue weighted by atomic mass is 10.1. The van der Waals surface area contributed by atoms with Gasteiger partial charge in [0.25, 0.3) is 9.05 Å². The first-order valence-electron chi connectivity index (χ1n) is 9.40. The number of fused-ring (bicyclic) bond motifs is 1. The molecule has 0 N–H and O–H groups in total. The fraction of sp³-hybridized carbons (Fsp3) is 0.300. The molecule has 30 heavy (non-hydrogen) atoms. The molecule has 0 saturated carbocycles. The van der Waals surface area contributed by atoms with Crippen molar-refractivity contribution in [3.63, 3.8) is 0 Å². The summed E-state index contributed by atoms with van der Waals surface area (Å²) in [7, 11) is 1.56. The molecule has 158 valence electrons. The zero-order valence-corrected chi connectivity index (χ0v) is 18.2. The molecular weight excluding hydrogens is 449 g/mol. The smallest absolute Gasteiger partial charge is 0.410 e. The summed E-state index contributed by atoms with van der Waals surface area (Å²) in [6.45, 7) is 1.20. The van der Waals surface area contributed by atoms with E-state index in [0.717, 1.165) is 18.4 Å². The van der Waals surface area contributed by atoms with E-state index in [0.29, 0.717) is 24.0 Å². The van der Waals surface area contributed by atoms with Gasteiger partial charge in [0, 0.05) is 29.2 Å². The number of halogens is 2. The highest BCUT2D eigenvalue weighted by Crippen LogP contribution is 2.32. The van der Waals surface area contributed by atoms with Gasteiger partial charge in [-0.1, -0.05) is 41.9 Å². The third kappa shape index (κ3) is 4.40. The zero-order chi connectivity index (χ0) is 21.3. The predicted molar refractivity (Wildman–Crippen MR) is 114 cm³/mol. The molecule has 1 atom stereocenters.